The fourth-order valence-electron chi connectivity index (χ4n) is 3.03. The van der Waals surface area contributed by atoms with Crippen LogP contribution in [0.2, 0.25) is 0 Å². The maximum Gasteiger partial charge on any atom is 0.104 e. The van der Waals surface area contributed by atoms with Crippen LogP contribution in [0, 0.1) is 0 Å². The van der Waals surface area contributed by atoms with Crippen molar-refractivity contribution in [3.63, 3.8) is 0 Å². The van der Waals surface area contributed by atoms with E-state index in [2.05, 4.69) is 23.1 Å². The maximum absolute atomic E-state index is 10.8. The molecular weight excluding hydrogens is 270 g/mol. The smallest absolute Gasteiger partial charge is 0.104 e. The van der Waals surface area contributed by atoms with Crippen molar-refractivity contribution in [3.05, 3.63) is 77.9 Å². The summed E-state index contributed by atoms with van der Waals surface area (Å²) in [6.07, 6.45) is 4.19. The van der Waals surface area contributed by atoms with E-state index in [1.54, 1.807) is 0 Å². The average Bonchev–Trinajstić information content (AvgIpc) is 3.10. The summed E-state index contributed by atoms with van der Waals surface area (Å²) in [4.78, 5) is 2.45. The maximum atomic E-state index is 10.8. The van der Waals surface area contributed by atoms with E-state index >= 15 is 0 Å². The Morgan fingerprint density at radius 3 is 2.18 bits per heavy atom. The van der Waals surface area contributed by atoms with Crippen LogP contribution in [-0.4, -0.2) is 29.6 Å². The largest absolute Gasteiger partial charge is 0.384 e. The third-order valence-electron chi connectivity index (χ3n) is 4.29. The zero-order valence-corrected chi connectivity index (χ0v) is 12.9. The molecule has 3 rings (SSSR count). The second kappa shape index (κ2) is 7.39. The average molecular weight is 293 g/mol. The van der Waals surface area contributed by atoms with Gasteiger partial charge in [-0.05, 0) is 42.6 Å². The van der Waals surface area contributed by atoms with Crippen molar-refractivity contribution in [2.45, 2.75) is 18.9 Å². The first-order valence-corrected chi connectivity index (χ1v) is 8.05. The monoisotopic (exact) mass is 293 g/mol. The molecule has 22 heavy (non-hydrogen) atoms. The second-order valence-corrected chi connectivity index (χ2v) is 5.85. The van der Waals surface area contributed by atoms with Crippen molar-refractivity contribution >= 4 is 5.57 Å². The number of aliphatic hydroxyl groups is 1. The standard InChI is InChI=1S/C20H23NO/c22-20(18-11-5-2-6-12-18)19(17-9-3-1-4-10-17)13-16-21-14-7-8-15-21/h1-6,9-13,20,22H,7-8,14-16H2/b19-13+. The van der Waals surface area contributed by atoms with E-state index in [0.29, 0.717) is 0 Å². The summed E-state index contributed by atoms with van der Waals surface area (Å²) in [5, 5.41) is 10.8. The molecule has 1 heterocycles. The first-order valence-electron chi connectivity index (χ1n) is 8.05. The van der Waals surface area contributed by atoms with Gasteiger partial charge < -0.3 is 5.11 Å². The Morgan fingerprint density at radius 1 is 0.955 bits per heavy atom. The summed E-state index contributed by atoms with van der Waals surface area (Å²) in [7, 11) is 0. The van der Waals surface area contributed by atoms with Gasteiger partial charge in [0.2, 0.25) is 0 Å². The van der Waals surface area contributed by atoms with Crippen molar-refractivity contribution in [3.8, 4) is 0 Å². The summed E-state index contributed by atoms with van der Waals surface area (Å²) in [5.41, 5.74) is 3.04. The molecule has 1 aliphatic heterocycles. The molecule has 2 nitrogen and oxygen atoms in total. The molecule has 114 valence electrons. The van der Waals surface area contributed by atoms with E-state index < -0.39 is 6.10 Å². The highest BCUT2D eigenvalue weighted by Gasteiger charge is 2.16. The SMILES string of the molecule is OC(/C(=C/CN1CCCC1)c1ccccc1)c1ccccc1. The molecule has 1 atom stereocenters. The van der Waals surface area contributed by atoms with E-state index in [0.717, 1.165) is 23.2 Å². The van der Waals surface area contributed by atoms with Crippen LogP contribution in [0.3, 0.4) is 0 Å². The molecule has 0 bridgehead atoms. The van der Waals surface area contributed by atoms with Gasteiger partial charge in [0.1, 0.15) is 6.10 Å². The molecule has 1 fully saturated rings. The Hall–Kier alpha value is -1.90. The molecule has 1 saturated heterocycles. The van der Waals surface area contributed by atoms with Gasteiger partial charge in [-0.25, -0.2) is 0 Å². The second-order valence-electron chi connectivity index (χ2n) is 5.85. The fraction of sp³-hybridized carbons (Fsp3) is 0.300. The van der Waals surface area contributed by atoms with Gasteiger partial charge in [-0.2, -0.15) is 0 Å². The van der Waals surface area contributed by atoms with Crippen molar-refractivity contribution in [1.29, 1.82) is 0 Å². The Bertz CT molecular complexity index is 600. The number of hydrogen-bond acceptors (Lipinski definition) is 2. The lowest BCUT2D eigenvalue weighted by Gasteiger charge is -2.18. The number of hydrogen-bond donors (Lipinski definition) is 1. The van der Waals surface area contributed by atoms with Crippen LogP contribution in [0.5, 0.6) is 0 Å². The van der Waals surface area contributed by atoms with Gasteiger partial charge in [0.05, 0.1) is 0 Å². The topological polar surface area (TPSA) is 23.5 Å². The molecule has 0 saturated carbocycles. The van der Waals surface area contributed by atoms with Crippen LogP contribution in [0.25, 0.3) is 5.57 Å². The molecule has 0 radical (unpaired) electrons. The number of rotatable bonds is 5. The zero-order valence-electron chi connectivity index (χ0n) is 12.9. The van der Waals surface area contributed by atoms with Gasteiger partial charge in [-0.3, -0.25) is 4.90 Å². The fourth-order valence-corrected chi connectivity index (χ4v) is 3.03. The van der Waals surface area contributed by atoms with E-state index in [1.165, 1.54) is 25.9 Å². The highest BCUT2D eigenvalue weighted by Crippen LogP contribution is 2.30. The van der Waals surface area contributed by atoms with E-state index in [9.17, 15) is 5.11 Å². The van der Waals surface area contributed by atoms with Gasteiger partial charge in [0.15, 0.2) is 0 Å². The summed E-state index contributed by atoms with van der Waals surface area (Å²) in [5.74, 6) is 0. The van der Waals surface area contributed by atoms with Gasteiger partial charge in [0.25, 0.3) is 0 Å². The Balaban J connectivity index is 1.87. The van der Waals surface area contributed by atoms with Crippen molar-refractivity contribution < 1.29 is 5.11 Å². The summed E-state index contributed by atoms with van der Waals surface area (Å²) >= 11 is 0. The summed E-state index contributed by atoms with van der Waals surface area (Å²) < 4.78 is 0. The van der Waals surface area contributed by atoms with Crippen molar-refractivity contribution in [2.75, 3.05) is 19.6 Å². The highest BCUT2D eigenvalue weighted by molar-refractivity contribution is 5.70. The minimum Gasteiger partial charge on any atom is -0.384 e. The lowest BCUT2D eigenvalue weighted by Crippen LogP contribution is -2.19. The predicted molar refractivity (Wildman–Crippen MR) is 91.5 cm³/mol. The molecule has 2 heteroatoms. The normalized spacial score (nSPS) is 17.6. The predicted octanol–water partition coefficient (Wildman–Crippen LogP) is 3.90. The summed E-state index contributed by atoms with van der Waals surface area (Å²) in [6.45, 7) is 3.24. The minimum absolute atomic E-state index is 0.578. The molecule has 1 aliphatic rings. The Morgan fingerprint density at radius 2 is 1.55 bits per heavy atom. The van der Waals surface area contributed by atoms with Crippen molar-refractivity contribution in [1.82, 2.24) is 4.90 Å². The molecule has 0 aliphatic carbocycles. The molecule has 0 amide bonds. The van der Waals surface area contributed by atoms with Gasteiger partial charge in [-0.15, -0.1) is 0 Å². The quantitative estimate of drug-likeness (QED) is 0.904. The third kappa shape index (κ3) is 3.65. The Kier molecular flexibility index (Phi) is 5.04. The zero-order chi connectivity index (χ0) is 15.2. The molecule has 2 aromatic rings. The van der Waals surface area contributed by atoms with Gasteiger partial charge >= 0.3 is 0 Å². The number of aliphatic hydroxyl groups excluding tert-OH is 1. The molecule has 2 aromatic carbocycles. The number of benzene rings is 2. The van der Waals surface area contributed by atoms with Crippen LogP contribution in [0.15, 0.2) is 66.7 Å². The number of nitrogens with zero attached hydrogens (tertiary/aromatic N) is 1. The van der Waals surface area contributed by atoms with Crippen LogP contribution in [0.4, 0.5) is 0 Å². The van der Waals surface area contributed by atoms with Crippen LogP contribution >= 0.6 is 0 Å². The highest BCUT2D eigenvalue weighted by atomic mass is 16.3. The van der Waals surface area contributed by atoms with Crippen LogP contribution in [-0.2, 0) is 0 Å². The molecule has 0 aromatic heterocycles. The van der Waals surface area contributed by atoms with Gasteiger partial charge in [0, 0.05) is 6.54 Å². The molecule has 0 spiro atoms. The summed E-state index contributed by atoms with van der Waals surface area (Å²) in [6, 6.07) is 20.1. The van der Waals surface area contributed by atoms with E-state index in [1.807, 2.05) is 48.5 Å². The van der Waals surface area contributed by atoms with Gasteiger partial charge in [-0.1, -0.05) is 66.7 Å². The van der Waals surface area contributed by atoms with E-state index in [-0.39, 0.29) is 0 Å². The lowest BCUT2D eigenvalue weighted by molar-refractivity contribution is 0.237. The molecule has 1 N–H and O–H groups in total. The van der Waals surface area contributed by atoms with Crippen LogP contribution < -0.4 is 0 Å². The first-order chi connectivity index (χ1) is 10.8. The van der Waals surface area contributed by atoms with E-state index in [4.69, 9.17) is 0 Å². The Labute approximate surface area is 132 Å². The number of likely N-dealkylation sites (tertiary alicyclic amines) is 1. The minimum atomic E-state index is -0.578. The molecule has 1 unspecified atom stereocenters. The first kappa shape index (κ1) is 15.0. The van der Waals surface area contributed by atoms with Crippen LogP contribution in [0.1, 0.15) is 30.1 Å². The molecular formula is C20H23NO. The van der Waals surface area contributed by atoms with Crippen molar-refractivity contribution in [2.24, 2.45) is 0 Å². The third-order valence-corrected chi connectivity index (χ3v) is 4.29. The lowest BCUT2D eigenvalue weighted by atomic mass is 9.95.